The molecule has 4 rings (SSSR count). The Labute approximate surface area is 170 Å². The van der Waals surface area contributed by atoms with Gasteiger partial charge in [-0.3, -0.25) is 4.79 Å². The normalized spacial score (nSPS) is 14.0. The smallest absolute Gasteiger partial charge is 0.274 e. The quantitative estimate of drug-likeness (QED) is 0.724. The lowest BCUT2D eigenvalue weighted by Crippen LogP contribution is -2.47. The van der Waals surface area contributed by atoms with Gasteiger partial charge in [-0.25, -0.2) is 15.0 Å². The third-order valence-corrected chi connectivity index (χ3v) is 5.08. The van der Waals surface area contributed by atoms with Crippen LogP contribution in [0.3, 0.4) is 0 Å². The van der Waals surface area contributed by atoms with Gasteiger partial charge in [0.2, 0.25) is 0 Å². The number of aryl methyl sites for hydroxylation is 1. The largest absolute Gasteiger partial charge is 0.353 e. The Morgan fingerprint density at radius 1 is 0.931 bits per heavy atom. The van der Waals surface area contributed by atoms with E-state index in [2.05, 4.69) is 37.0 Å². The van der Waals surface area contributed by atoms with Gasteiger partial charge in [0.25, 0.3) is 5.91 Å². The average molecular weight is 388 g/mol. The number of anilines is 3. The van der Waals surface area contributed by atoms with E-state index in [4.69, 9.17) is 0 Å². The molecule has 1 amide bonds. The highest BCUT2D eigenvalue weighted by molar-refractivity contribution is 6.03. The molecule has 1 saturated heterocycles. The van der Waals surface area contributed by atoms with E-state index in [1.54, 1.807) is 6.07 Å². The van der Waals surface area contributed by atoms with E-state index in [0.29, 0.717) is 5.69 Å². The highest BCUT2D eigenvalue weighted by Gasteiger charge is 2.20. The lowest BCUT2D eigenvalue weighted by atomic mass is 10.1. The first-order valence-corrected chi connectivity index (χ1v) is 9.86. The van der Waals surface area contributed by atoms with Gasteiger partial charge in [0.05, 0.1) is 0 Å². The molecule has 0 atom stereocenters. The Bertz CT molecular complexity index is 953. The number of nitrogens with one attached hydrogen (secondary N) is 1. The lowest BCUT2D eigenvalue weighted by molar-refractivity contribution is 0.102. The number of carbonyl (C=O) groups excluding carboxylic acids is 1. The van der Waals surface area contributed by atoms with Crippen LogP contribution in [0.25, 0.3) is 0 Å². The molecule has 0 bridgehead atoms. The fraction of sp³-hybridized carbons (Fsp3) is 0.273. The first kappa shape index (κ1) is 18.9. The highest BCUT2D eigenvalue weighted by Crippen LogP contribution is 2.18. The highest BCUT2D eigenvalue weighted by atomic mass is 16.1. The summed E-state index contributed by atoms with van der Waals surface area (Å²) in [5.41, 5.74) is 2.36. The molecule has 0 aliphatic carbocycles. The molecule has 1 N–H and O–H groups in total. The van der Waals surface area contributed by atoms with Gasteiger partial charge >= 0.3 is 0 Å². The first-order valence-electron chi connectivity index (χ1n) is 9.86. The molecule has 7 nitrogen and oxygen atoms in total. The zero-order valence-electron chi connectivity index (χ0n) is 16.5. The summed E-state index contributed by atoms with van der Waals surface area (Å²) in [7, 11) is 0. The van der Waals surface area contributed by atoms with Crippen LogP contribution in [0.15, 0.2) is 61.1 Å². The molecule has 29 heavy (non-hydrogen) atoms. The van der Waals surface area contributed by atoms with Crippen LogP contribution in [-0.2, 0) is 6.42 Å². The van der Waals surface area contributed by atoms with Crippen molar-refractivity contribution in [2.45, 2.75) is 13.3 Å². The number of pyridine rings is 1. The molecule has 0 radical (unpaired) electrons. The maximum Gasteiger partial charge on any atom is 0.274 e. The van der Waals surface area contributed by atoms with Gasteiger partial charge in [-0.1, -0.05) is 25.1 Å². The topological polar surface area (TPSA) is 74.2 Å². The van der Waals surface area contributed by atoms with E-state index in [-0.39, 0.29) is 5.91 Å². The van der Waals surface area contributed by atoms with E-state index in [1.165, 1.54) is 11.9 Å². The van der Waals surface area contributed by atoms with Gasteiger partial charge in [-0.2, -0.15) is 0 Å². The van der Waals surface area contributed by atoms with Crippen molar-refractivity contribution in [2.75, 3.05) is 41.3 Å². The second-order valence-corrected chi connectivity index (χ2v) is 6.93. The lowest BCUT2D eigenvalue weighted by Gasteiger charge is -2.36. The zero-order valence-corrected chi connectivity index (χ0v) is 16.5. The second kappa shape index (κ2) is 8.68. The van der Waals surface area contributed by atoms with Crippen molar-refractivity contribution in [3.63, 3.8) is 0 Å². The van der Waals surface area contributed by atoms with E-state index in [0.717, 1.165) is 49.9 Å². The fourth-order valence-corrected chi connectivity index (χ4v) is 3.37. The molecule has 0 unspecified atom stereocenters. The number of benzene rings is 1. The molecule has 148 valence electrons. The van der Waals surface area contributed by atoms with Gasteiger partial charge in [0, 0.05) is 44.1 Å². The molecule has 1 aromatic carbocycles. The second-order valence-electron chi connectivity index (χ2n) is 6.93. The number of carbonyl (C=O) groups is 1. The zero-order chi connectivity index (χ0) is 20.1. The number of piperazine rings is 1. The molecule has 0 saturated carbocycles. The molecule has 3 heterocycles. The maximum absolute atomic E-state index is 12.6. The Balaban J connectivity index is 1.40. The molecule has 0 spiro atoms. The summed E-state index contributed by atoms with van der Waals surface area (Å²) in [6.45, 7) is 5.44. The summed E-state index contributed by atoms with van der Waals surface area (Å²) in [6.07, 6.45) is 4.24. The predicted octanol–water partition coefficient (Wildman–Crippen LogP) is 3.01. The van der Waals surface area contributed by atoms with Crippen molar-refractivity contribution >= 4 is 23.2 Å². The molecular weight excluding hydrogens is 364 g/mol. The van der Waals surface area contributed by atoms with Crippen LogP contribution in [-0.4, -0.2) is 47.0 Å². The Hall–Kier alpha value is -3.48. The molecule has 1 fully saturated rings. The maximum atomic E-state index is 12.6. The number of nitrogens with zero attached hydrogens (tertiary/aromatic N) is 5. The fourth-order valence-electron chi connectivity index (χ4n) is 3.37. The van der Waals surface area contributed by atoms with Crippen LogP contribution >= 0.6 is 0 Å². The minimum atomic E-state index is -0.231. The molecule has 7 heteroatoms. The van der Waals surface area contributed by atoms with Crippen LogP contribution < -0.4 is 15.1 Å². The van der Waals surface area contributed by atoms with E-state index < -0.39 is 0 Å². The summed E-state index contributed by atoms with van der Waals surface area (Å²) < 4.78 is 0. The number of hydrogen-bond acceptors (Lipinski definition) is 6. The summed E-state index contributed by atoms with van der Waals surface area (Å²) in [5, 5.41) is 2.90. The first-order chi connectivity index (χ1) is 14.2. The average Bonchev–Trinajstić information content (AvgIpc) is 2.80. The standard InChI is InChI=1S/C22H24N6O/c1-2-17-6-8-18(9-7-17)26-22(29)19-15-21(25-16-24-19)28-13-11-27(12-14-28)20-5-3-4-10-23-20/h3-10,15-16H,2,11-14H2,1H3,(H,26,29). The summed E-state index contributed by atoms with van der Waals surface area (Å²) in [5.74, 6) is 1.53. The Morgan fingerprint density at radius 2 is 1.66 bits per heavy atom. The molecule has 2 aromatic heterocycles. The molecular formula is C22H24N6O. The van der Waals surface area contributed by atoms with Crippen molar-refractivity contribution in [2.24, 2.45) is 0 Å². The van der Waals surface area contributed by atoms with Gasteiger partial charge < -0.3 is 15.1 Å². The van der Waals surface area contributed by atoms with Gasteiger partial charge in [-0.15, -0.1) is 0 Å². The Morgan fingerprint density at radius 3 is 2.31 bits per heavy atom. The van der Waals surface area contributed by atoms with E-state index in [1.807, 2.05) is 48.7 Å². The van der Waals surface area contributed by atoms with Crippen molar-refractivity contribution in [1.29, 1.82) is 0 Å². The number of aromatic nitrogens is 3. The van der Waals surface area contributed by atoms with Crippen molar-refractivity contribution in [1.82, 2.24) is 15.0 Å². The van der Waals surface area contributed by atoms with Crippen LogP contribution in [0.2, 0.25) is 0 Å². The molecule has 3 aromatic rings. The van der Waals surface area contributed by atoms with Crippen molar-refractivity contribution < 1.29 is 4.79 Å². The minimum Gasteiger partial charge on any atom is -0.353 e. The molecule has 1 aliphatic rings. The van der Waals surface area contributed by atoms with Crippen molar-refractivity contribution in [3.05, 3.63) is 72.3 Å². The van der Waals surface area contributed by atoms with Gasteiger partial charge in [0.1, 0.15) is 23.7 Å². The minimum absolute atomic E-state index is 0.231. The third-order valence-electron chi connectivity index (χ3n) is 5.08. The Kier molecular flexibility index (Phi) is 5.65. The van der Waals surface area contributed by atoms with Crippen molar-refractivity contribution in [3.8, 4) is 0 Å². The summed E-state index contributed by atoms with van der Waals surface area (Å²) in [4.78, 5) is 30.0. The van der Waals surface area contributed by atoms with E-state index in [9.17, 15) is 4.79 Å². The number of rotatable bonds is 5. The van der Waals surface area contributed by atoms with Crippen LogP contribution in [0, 0.1) is 0 Å². The molecule has 1 aliphatic heterocycles. The SMILES string of the molecule is CCc1ccc(NC(=O)c2cc(N3CCN(c4ccccn4)CC3)ncn2)cc1. The predicted molar refractivity (Wildman–Crippen MR) is 114 cm³/mol. The van der Waals surface area contributed by atoms with Gasteiger partial charge in [0.15, 0.2) is 0 Å². The van der Waals surface area contributed by atoms with Crippen LogP contribution in [0.5, 0.6) is 0 Å². The summed E-state index contributed by atoms with van der Waals surface area (Å²) in [6, 6.07) is 15.6. The van der Waals surface area contributed by atoms with Gasteiger partial charge in [-0.05, 0) is 36.2 Å². The monoisotopic (exact) mass is 388 g/mol. The summed E-state index contributed by atoms with van der Waals surface area (Å²) >= 11 is 0. The van der Waals surface area contributed by atoms with Crippen LogP contribution in [0.4, 0.5) is 17.3 Å². The number of amides is 1. The van der Waals surface area contributed by atoms with E-state index >= 15 is 0 Å². The van der Waals surface area contributed by atoms with Crippen LogP contribution in [0.1, 0.15) is 23.0 Å². The number of hydrogen-bond donors (Lipinski definition) is 1. The third kappa shape index (κ3) is 4.51.